The van der Waals surface area contributed by atoms with Crippen LogP contribution < -0.4 is 15.7 Å². The summed E-state index contributed by atoms with van der Waals surface area (Å²) in [5.41, 5.74) is 8.38. The second-order valence-electron chi connectivity index (χ2n) is 10.5. The maximum atomic E-state index is 14.0. The van der Waals surface area contributed by atoms with Gasteiger partial charge in [-0.15, -0.1) is 0 Å². The van der Waals surface area contributed by atoms with Crippen molar-refractivity contribution in [3.8, 4) is 0 Å². The molecule has 1 unspecified atom stereocenters. The maximum absolute atomic E-state index is 14.0. The number of allylic oxidation sites excluding steroid dienone is 1. The largest absolute Gasteiger partial charge is 0.486 e. The molecular formula is C28H38ClN5O4P+. The number of nitrogens with zero attached hydrogens (tertiary/aromatic N) is 1. The quantitative estimate of drug-likeness (QED) is 0.0992. The van der Waals surface area contributed by atoms with Crippen molar-refractivity contribution >= 4 is 42.6 Å². The summed E-state index contributed by atoms with van der Waals surface area (Å²) in [5.74, 6) is -0.324. The first-order valence-corrected chi connectivity index (χ1v) is 15.5. The number of halogens is 1. The van der Waals surface area contributed by atoms with E-state index in [-0.39, 0.29) is 11.2 Å². The number of hydrogen-bond acceptors (Lipinski definition) is 7. The minimum absolute atomic E-state index is 0.0454. The minimum Gasteiger partial charge on any atom is -0.486 e. The summed E-state index contributed by atoms with van der Waals surface area (Å²) in [6.07, 6.45) is 3.57. The van der Waals surface area contributed by atoms with E-state index in [1.165, 1.54) is 6.21 Å². The van der Waals surface area contributed by atoms with Gasteiger partial charge in [0.2, 0.25) is 5.76 Å². The van der Waals surface area contributed by atoms with E-state index in [0.29, 0.717) is 67.6 Å². The van der Waals surface area contributed by atoms with Gasteiger partial charge in [-0.1, -0.05) is 36.7 Å². The Labute approximate surface area is 235 Å². The van der Waals surface area contributed by atoms with E-state index in [9.17, 15) is 9.36 Å². The molecular weight excluding hydrogens is 537 g/mol. The van der Waals surface area contributed by atoms with Crippen molar-refractivity contribution in [3.05, 3.63) is 70.6 Å². The number of anilines is 2. The number of benzene rings is 2. The summed E-state index contributed by atoms with van der Waals surface area (Å²) < 4.78 is 26.9. The molecule has 9 nitrogen and oxygen atoms in total. The zero-order valence-electron chi connectivity index (χ0n) is 22.5. The summed E-state index contributed by atoms with van der Waals surface area (Å²) in [6.45, 7) is 6.78. The zero-order chi connectivity index (χ0) is 28.0. The number of nitrogen functional groups attached to an aromatic ring is 1. The average molecular weight is 575 g/mol. The average Bonchev–Trinajstić information content (AvgIpc) is 3.65. The normalized spacial score (nSPS) is 19.0. The Bertz CT molecular complexity index is 1260. The van der Waals surface area contributed by atoms with Gasteiger partial charge in [0.25, 0.3) is 5.91 Å². The molecule has 1 atom stereocenters. The third kappa shape index (κ3) is 7.63. The van der Waals surface area contributed by atoms with Crippen LogP contribution in [0.1, 0.15) is 32.3 Å². The summed E-state index contributed by atoms with van der Waals surface area (Å²) in [4.78, 5) is 15.4. The fraction of sp³-hybridized carbons (Fsp3) is 0.429. The third-order valence-corrected chi connectivity index (χ3v) is 10.3. The van der Waals surface area contributed by atoms with Gasteiger partial charge in [-0.05, 0) is 55.7 Å². The van der Waals surface area contributed by atoms with Crippen molar-refractivity contribution in [2.24, 2.45) is 5.41 Å². The monoisotopic (exact) mass is 574 g/mol. The number of rotatable bonds is 12. The lowest BCUT2D eigenvalue weighted by Crippen LogP contribution is -3.10. The number of ether oxygens (including phenoxy) is 1. The number of carbonyl (C=O) groups excluding carboxylic acids is 1. The van der Waals surface area contributed by atoms with Crippen molar-refractivity contribution in [2.75, 3.05) is 50.4 Å². The van der Waals surface area contributed by atoms with E-state index < -0.39 is 13.4 Å². The van der Waals surface area contributed by atoms with E-state index in [4.69, 9.17) is 32.0 Å². The van der Waals surface area contributed by atoms with Crippen molar-refractivity contribution < 1.29 is 23.3 Å². The van der Waals surface area contributed by atoms with Crippen LogP contribution in [0, 0.1) is 10.8 Å². The lowest BCUT2D eigenvalue weighted by atomic mass is 10.2. The van der Waals surface area contributed by atoms with Crippen LogP contribution in [0.15, 0.2) is 60.0 Å². The van der Waals surface area contributed by atoms with Crippen molar-refractivity contribution in [2.45, 2.75) is 32.9 Å². The molecule has 2 fully saturated rings. The van der Waals surface area contributed by atoms with E-state index in [1.807, 2.05) is 24.0 Å². The van der Waals surface area contributed by atoms with E-state index >= 15 is 0 Å². The van der Waals surface area contributed by atoms with Gasteiger partial charge >= 0.3 is 7.52 Å². The Morgan fingerprint density at radius 3 is 2.51 bits per heavy atom. The van der Waals surface area contributed by atoms with Gasteiger partial charge in [0.05, 0.1) is 39.4 Å². The van der Waals surface area contributed by atoms with Crippen molar-refractivity contribution in [3.63, 3.8) is 0 Å². The molecule has 1 heterocycles. The van der Waals surface area contributed by atoms with Crippen molar-refractivity contribution in [1.29, 1.82) is 5.41 Å². The highest BCUT2D eigenvalue weighted by molar-refractivity contribution is 7.51. The van der Waals surface area contributed by atoms with Gasteiger partial charge in [-0.2, -0.15) is 0 Å². The molecule has 1 aliphatic carbocycles. The summed E-state index contributed by atoms with van der Waals surface area (Å²) >= 11 is 6.10. The van der Waals surface area contributed by atoms with Crippen LogP contribution in [0.2, 0.25) is 5.02 Å². The molecule has 1 amide bonds. The summed E-state index contributed by atoms with van der Waals surface area (Å²) in [6, 6.07) is 14.3. The molecule has 5 N–H and O–H groups in total. The number of carbonyl (C=O) groups is 1. The molecule has 2 aromatic rings. The first-order valence-electron chi connectivity index (χ1n) is 13.3. The Morgan fingerprint density at radius 1 is 1.23 bits per heavy atom. The molecule has 2 aromatic carbocycles. The molecule has 11 heteroatoms. The molecule has 0 radical (unpaired) electrons. The third-order valence-electron chi connectivity index (χ3n) is 7.20. The minimum atomic E-state index is -3.06. The molecule has 1 saturated carbocycles. The van der Waals surface area contributed by atoms with Crippen LogP contribution in [0.4, 0.5) is 11.4 Å². The maximum Gasteiger partial charge on any atom is 0.385 e. The predicted octanol–water partition coefficient (Wildman–Crippen LogP) is 4.17. The lowest BCUT2D eigenvalue weighted by Gasteiger charge is -2.37. The fourth-order valence-electron chi connectivity index (χ4n) is 4.58. The molecule has 210 valence electrons. The van der Waals surface area contributed by atoms with Crippen LogP contribution >= 0.6 is 19.1 Å². The first-order chi connectivity index (χ1) is 18.6. The SMILES string of the molecule is CCOP(=O)(Cc1ccc(N)cc1)[NH+]1CCN(/C(C=N)=C(\OCC2(C)CC2)C(=O)Nc2cccc(Cl)c2)CC1. The molecule has 0 bridgehead atoms. The van der Waals surface area contributed by atoms with E-state index in [0.717, 1.165) is 23.1 Å². The molecule has 1 aliphatic heterocycles. The summed E-state index contributed by atoms with van der Waals surface area (Å²) in [5, 5.41) is 11.6. The number of nitrogens with one attached hydrogen (secondary N) is 3. The van der Waals surface area contributed by atoms with Gasteiger partial charge in [0.15, 0.2) is 0 Å². The Hall–Kier alpha value is -2.84. The number of quaternary nitrogens is 1. The van der Waals surface area contributed by atoms with E-state index in [1.54, 1.807) is 36.4 Å². The van der Waals surface area contributed by atoms with Crippen LogP contribution in [0.3, 0.4) is 0 Å². The zero-order valence-corrected chi connectivity index (χ0v) is 24.2. The molecule has 4 rings (SSSR count). The summed E-state index contributed by atoms with van der Waals surface area (Å²) in [7, 11) is -3.06. The highest BCUT2D eigenvalue weighted by Gasteiger charge is 2.41. The van der Waals surface area contributed by atoms with Crippen LogP contribution in [0.25, 0.3) is 0 Å². The second kappa shape index (κ2) is 12.6. The molecule has 0 aromatic heterocycles. The molecule has 39 heavy (non-hydrogen) atoms. The Balaban J connectivity index is 1.52. The first kappa shape index (κ1) is 29.2. The van der Waals surface area contributed by atoms with Gasteiger partial charge < -0.3 is 26.1 Å². The fourth-order valence-corrected chi connectivity index (χ4v) is 7.26. The highest BCUT2D eigenvalue weighted by Crippen LogP contribution is 2.45. The molecule has 0 spiro atoms. The Kier molecular flexibility index (Phi) is 9.39. The van der Waals surface area contributed by atoms with Crippen LogP contribution in [-0.4, -0.2) is 56.4 Å². The second-order valence-corrected chi connectivity index (χ2v) is 13.5. The number of hydrogen-bond donors (Lipinski definition) is 4. The Morgan fingerprint density at radius 2 is 1.92 bits per heavy atom. The van der Waals surface area contributed by atoms with Gasteiger partial charge in [0.1, 0.15) is 11.9 Å². The molecule has 1 saturated heterocycles. The smallest absolute Gasteiger partial charge is 0.385 e. The highest BCUT2D eigenvalue weighted by atomic mass is 35.5. The topological polar surface area (TPSA) is 122 Å². The van der Waals surface area contributed by atoms with Crippen molar-refractivity contribution in [1.82, 2.24) is 4.90 Å². The number of piperazine rings is 1. The van der Waals surface area contributed by atoms with Crippen LogP contribution in [0.5, 0.6) is 0 Å². The van der Waals surface area contributed by atoms with Crippen LogP contribution in [-0.2, 0) is 24.8 Å². The number of amides is 1. The van der Waals surface area contributed by atoms with Gasteiger partial charge in [-0.25, -0.2) is 4.57 Å². The predicted molar refractivity (Wildman–Crippen MR) is 155 cm³/mol. The van der Waals surface area contributed by atoms with Gasteiger partial charge in [-0.3, -0.25) is 14.0 Å². The van der Waals surface area contributed by atoms with E-state index in [2.05, 4.69) is 12.2 Å². The molecule has 2 aliphatic rings. The number of nitrogens with two attached hydrogens (primary N) is 1. The lowest BCUT2D eigenvalue weighted by molar-refractivity contribution is -0.787. The van der Waals surface area contributed by atoms with Gasteiger partial charge in [0, 0.05) is 28.0 Å². The standard InChI is InChI=1S/C28H37ClN5O4P/c1-3-38-39(36,19-21-7-9-23(31)10-8-21)34-15-13-33(14-16-34)25(18-30)26(37-20-28(2)11-12-28)27(35)32-24-6-4-5-22(29)17-24/h4-10,17-18,30H,3,11-16,19-20,31H2,1-2H3,(H,32,35)/p+1/b26-25-,30-18?.